The normalized spacial score (nSPS) is 18.6. The van der Waals surface area contributed by atoms with Crippen LogP contribution in [0.1, 0.15) is 32.1 Å². The van der Waals surface area contributed by atoms with Gasteiger partial charge in [0.15, 0.2) is 0 Å². The minimum atomic E-state index is -0.410. The van der Waals surface area contributed by atoms with E-state index in [0.29, 0.717) is 30.9 Å². The van der Waals surface area contributed by atoms with E-state index in [2.05, 4.69) is 7.05 Å². The lowest BCUT2D eigenvalue weighted by molar-refractivity contribution is -0.910. The summed E-state index contributed by atoms with van der Waals surface area (Å²) in [7, 11) is 2.18. The summed E-state index contributed by atoms with van der Waals surface area (Å²) in [4.78, 5) is 1.43. The molecule has 0 amide bonds. The number of hydrogen-bond acceptors (Lipinski definition) is 3. The van der Waals surface area contributed by atoms with Crippen molar-refractivity contribution in [3.05, 3.63) is 29.3 Å². The van der Waals surface area contributed by atoms with Crippen molar-refractivity contribution in [1.82, 2.24) is 0 Å². The molecule has 0 heterocycles. The number of aliphatic hydroxyl groups is 1. The van der Waals surface area contributed by atoms with Gasteiger partial charge in [-0.25, -0.2) is 0 Å². The number of hydrogen-bond donors (Lipinski definition) is 2. The summed E-state index contributed by atoms with van der Waals surface area (Å²) in [6.07, 6.45) is 6.19. The van der Waals surface area contributed by atoms with E-state index in [4.69, 9.17) is 21.1 Å². The van der Waals surface area contributed by atoms with Crippen LogP contribution < -0.4 is 9.64 Å². The van der Waals surface area contributed by atoms with Crippen LogP contribution in [0.4, 0.5) is 0 Å². The average molecular weight is 343 g/mol. The standard InChI is InChI=1S/C18H28ClNO3/c1-20(16-5-3-2-4-6-16)13-17(21)14-22-11-12-23-18-9-7-15(19)8-10-18/h7-10,16-17,21H,2-6,11-14H2,1H3/p+1/t17-/m1/s1. The quantitative estimate of drug-likeness (QED) is 0.674. The van der Waals surface area contributed by atoms with Crippen LogP contribution in [0.2, 0.25) is 5.02 Å². The van der Waals surface area contributed by atoms with E-state index in [9.17, 15) is 5.11 Å². The second-order valence-corrected chi connectivity index (χ2v) is 6.85. The Morgan fingerprint density at radius 3 is 2.57 bits per heavy atom. The summed E-state index contributed by atoms with van der Waals surface area (Å²) in [5.74, 6) is 0.778. The van der Waals surface area contributed by atoms with Crippen LogP contribution in [0.15, 0.2) is 24.3 Å². The van der Waals surface area contributed by atoms with Gasteiger partial charge in [-0.2, -0.15) is 0 Å². The Bertz CT molecular complexity index is 434. The fourth-order valence-electron chi connectivity index (χ4n) is 3.16. The lowest BCUT2D eigenvalue weighted by Crippen LogP contribution is -3.14. The number of ether oxygens (including phenoxy) is 2. The summed E-state index contributed by atoms with van der Waals surface area (Å²) in [5.41, 5.74) is 0. The van der Waals surface area contributed by atoms with Gasteiger partial charge >= 0.3 is 0 Å². The molecule has 0 aromatic heterocycles. The van der Waals surface area contributed by atoms with Gasteiger partial charge in [0.25, 0.3) is 0 Å². The molecule has 2 N–H and O–H groups in total. The van der Waals surface area contributed by atoms with E-state index in [1.165, 1.54) is 37.0 Å². The van der Waals surface area contributed by atoms with Gasteiger partial charge in [-0.15, -0.1) is 0 Å². The van der Waals surface area contributed by atoms with Crippen molar-refractivity contribution >= 4 is 11.6 Å². The van der Waals surface area contributed by atoms with Crippen LogP contribution in [-0.2, 0) is 4.74 Å². The molecule has 1 aromatic carbocycles. The van der Waals surface area contributed by atoms with Crippen LogP contribution in [0, 0.1) is 0 Å². The van der Waals surface area contributed by atoms with E-state index in [-0.39, 0.29) is 0 Å². The van der Waals surface area contributed by atoms with Gasteiger partial charge < -0.3 is 19.5 Å². The second kappa shape index (κ2) is 10.1. The van der Waals surface area contributed by atoms with Crippen LogP contribution >= 0.6 is 11.6 Å². The fraction of sp³-hybridized carbons (Fsp3) is 0.667. The van der Waals surface area contributed by atoms with E-state index in [1.807, 2.05) is 12.1 Å². The maximum Gasteiger partial charge on any atom is 0.126 e. The van der Waals surface area contributed by atoms with Crippen LogP contribution in [0.5, 0.6) is 5.75 Å². The molecule has 1 saturated carbocycles. The largest absolute Gasteiger partial charge is 0.491 e. The van der Waals surface area contributed by atoms with Crippen molar-refractivity contribution in [1.29, 1.82) is 0 Å². The highest BCUT2D eigenvalue weighted by molar-refractivity contribution is 6.30. The third-order valence-corrected chi connectivity index (χ3v) is 4.73. The molecule has 2 rings (SSSR count). The van der Waals surface area contributed by atoms with E-state index < -0.39 is 6.10 Å². The van der Waals surface area contributed by atoms with E-state index >= 15 is 0 Å². The monoisotopic (exact) mass is 342 g/mol. The molecule has 1 aliphatic rings. The van der Waals surface area contributed by atoms with Crippen molar-refractivity contribution in [2.45, 2.75) is 44.2 Å². The Balaban J connectivity index is 1.53. The van der Waals surface area contributed by atoms with E-state index in [0.717, 1.165) is 12.3 Å². The van der Waals surface area contributed by atoms with Crippen molar-refractivity contribution in [3.63, 3.8) is 0 Å². The number of nitrogens with one attached hydrogen (secondary N) is 1. The van der Waals surface area contributed by atoms with Gasteiger partial charge in [-0.1, -0.05) is 18.0 Å². The zero-order valence-corrected chi connectivity index (χ0v) is 14.7. The molecule has 0 saturated heterocycles. The maximum atomic E-state index is 10.1. The van der Waals surface area contributed by atoms with Gasteiger partial charge in [0, 0.05) is 5.02 Å². The van der Waals surface area contributed by atoms with Gasteiger partial charge in [-0.3, -0.25) is 0 Å². The van der Waals surface area contributed by atoms with Crippen LogP contribution in [0.25, 0.3) is 0 Å². The summed E-state index contributed by atoms with van der Waals surface area (Å²) in [6.45, 7) is 2.07. The Morgan fingerprint density at radius 2 is 1.87 bits per heavy atom. The fourth-order valence-corrected chi connectivity index (χ4v) is 3.29. The molecular formula is C18H29ClNO3+. The molecule has 1 fully saturated rings. The third-order valence-electron chi connectivity index (χ3n) is 4.48. The predicted molar refractivity (Wildman–Crippen MR) is 92.4 cm³/mol. The first-order chi connectivity index (χ1) is 11.1. The zero-order valence-electron chi connectivity index (χ0n) is 14.0. The Hall–Kier alpha value is -0.810. The Labute approximate surface area is 144 Å². The van der Waals surface area contributed by atoms with Crippen molar-refractivity contribution in [3.8, 4) is 5.75 Å². The number of rotatable bonds is 9. The summed E-state index contributed by atoms with van der Waals surface area (Å²) >= 11 is 5.82. The lowest BCUT2D eigenvalue weighted by atomic mass is 9.94. The van der Waals surface area contributed by atoms with E-state index in [1.54, 1.807) is 12.1 Å². The third kappa shape index (κ3) is 7.08. The molecule has 0 radical (unpaired) electrons. The number of halogens is 1. The van der Waals surface area contributed by atoms with Crippen LogP contribution in [-0.4, -0.2) is 50.7 Å². The molecule has 1 unspecified atom stereocenters. The van der Waals surface area contributed by atoms with Crippen molar-refractivity contribution in [2.24, 2.45) is 0 Å². The minimum Gasteiger partial charge on any atom is -0.491 e. The highest BCUT2D eigenvalue weighted by Gasteiger charge is 2.23. The minimum absolute atomic E-state index is 0.369. The lowest BCUT2D eigenvalue weighted by Gasteiger charge is -2.29. The summed E-state index contributed by atoms with van der Waals surface area (Å²) in [6, 6.07) is 7.96. The number of likely N-dealkylation sites (N-methyl/N-ethyl adjacent to an activating group) is 1. The Morgan fingerprint density at radius 1 is 1.17 bits per heavy atom. The SMILES string of the molecule is C[NH+](C[C@@H](O)COCCOc1ccc(Cl)cc1)C1CCCCC1. The molecule has 0 aliphatic heterocycles. The Kier molecular flexibility index (Phi) is 8.17. The molecule has 0 bridgehead atoms. The zero-order chi connectivity index (χ0) is 16.5. The number of quaternary nitrogens is 1. The van der Waals surface area contributed by atoms with Crippen LogP contribution in [0.3, 0.4) is 0 Å². The van der Waals surface area contributed by atoms with Crippen molar-refractivity contribution < 1.29 is 19.5 Å². The summed E-state index contributed by atoms with van der Waals surface area (Å²) < 4.78 is 11.1. The first-order valence-electron chi connectivity index (χ1n) is 8.61. The predicted octanol–water partition coefficient (Wildman–Crippen LogP) is 1.94. The van der Waals surface area contributed by atoms with Gasteiger partial charge in [0.1, 0.15) is 25.0 Å². The first-order valence-corrected chi connectivity index (χ1v) is 8.99. The molecule has 5 heteroatoms. The van der Waals surface area contributed by atoms with Gasteiger partial charge in [0.2, 0.25) is 0 Å². The number of benzene rings is 1. The molecule has 0 spiro atoms. The summed E-state index contributed by atoms with van der Waals surface area (Å²) in [5, 5.41) is 10.8. The molecule has 2 atom stereocenters. The molecule has 23 heavy (non-hydrogen) atoms. The maximum absolute atomic E-state index is 10.1. The molecule has 4 nitrogen and oxygen atoms in total. The van der Waals surface area contributed by atoms with Gasteiger partial charge in [-0.05, 0) is 49.9 Å². The average Bonchev–Trinajstić information content (AvgIpc) is 2.57. The molecule has 1 aliphatic carbocycles. The highest BCUT2D eigenvalue weighted by Crippen LogP contribution is 2.16. The molecular weight excluding hydrogens is 314 g/mol. The highest BCUT2D eigenvalue weighted by atomic mass is 35.5. The molecule has 130 valence electrons. The smallest absolute Gasteiger partial charge is 0.126 e. The first kappa shape index (κ1) is 18.5. The second-order valence-electron chi connectivity index (χ2n) is 6.42. The van der Waals surface area contributed by atoms with Gasteiger partial charge in [0.05, 0.1) is 26.3 Å². The van der Waals surface area contributed by atoms with Crippen molar-refractivity contribution in [2.75, 3.05) is 33.4 Å². The topological polar surface area (TPSA) is 43.1 Å². The number of aliphatic hydroxyl groups excluding tert-OH is 1. The molecule has 1 aromatic rings.